The summed E-state index contributed by atoms with van der Waals surface area (Å²) in [6, 6.07) is 5.65. The molecule has 1 unspecified atom stereocenters. The van der Waals surface area contributed by atoms with E-state index in [1.54, 1.807) is 0 Å². The van der Waals surface area contributed by atoms with Crippen molar-refractivity contribution in [2.24, 2.45) is 0 Å². The molecule has 0 radical (unpaired) electrons. The molecule has 0 aromatic heterocycles. The molecular weight excluding hydrogens is 336 g/mol. The third-order valence-electron chi connectivity index (χ3n) is 4.96. The van der Waals surface area contributed by atoms with Crippen LogP contribution >= 0.6 is 0 Å². The van der Waals surface area contributed by atoms with Gasteiger partial charge in [0.2, 0.25) is 0 Å². The van der Waals surface area contributed by atoms with E-state index >= 15 is 0 Å². The molecule has 0 aliphatic carbocycles. The number of carbonyl (C=O) groups excluding carboxylic acids is 1. The molecule has 3 N–H and O–H groups in total. The Morgan fingerprint density at radius 3 is 2.62 bits per heavy atom. The first kappa shape index (κ1) is 16.6. The highest BCUT2D eigenvalue weighted by atomic mass is 16.5. The first-order valence-electron chi connectivity index (χ1n) is 8.55. The fraction of sp³-hybridized carbons (Fsp3) is 0.350. The second-order valence-electron chi connectivity index (χ2n) is 7.42. The standard InChI is InChI=1S/C20H20O6/c1-20(2)6-5-12-17(26-20)9-15(24)18-14(23)8-16(25-19(12)18)11-4-3-10(21)7-13(11)22/h3-4,7,9,16,21-22,24H,5-6,8H2,1-2H3. The van der Waals surface area contributed by atoms with Crippen molar-refractivity contribution < 1.29 is 29.6 Å². The zero-order valence-corrected chi connectivity index (χ0v) is 14.6. The summed E-state index contributed by atoms with van der Waals surface area (Å²) in [5.74, 6) is 0.214. The summed E-state index contributed by atoms with van der Waals surface area (Å²) in [7, 11) is 0. The molecule has 6 heteroatoms. The molecule has 0 saturated carbocycles. The lowest BCUT2D eigenvalue weighted by atomic mass is 9.88. The summed E-state index contributed by atoms with van der Waals surface area (Å²) in [4.78, 5) is 12.7. The van der Waals surface area contributed by atoms with E-state index in [0.717, 1.165) is 12.0 Å². The third kappa shape index (κ3) is 2.62. The second-order valence-corrected chi connectivity index (χ2v) is 7.42. The molecule has 2 heterocycles. The number of rotatable bonds is 1. The number of ether oxygens (including phenoxy) is 2. The Morgan fingerprint density at radius 2 is 1.88 bits per heavy atom. The maximum Gasteiger partial charge on any atom is 0.174 e. The van der Waals surface area contributed by atoms with Gasteiger partial charge >= 0.3 is 0 Å². The number of benzene rings is 2. The minimum absolute atomic E-state index is 0.00989. The SMILES string of the molecule is CC1(C)CCc2c(cc(O)c3c2OC(c2ccc(O)cc2O)CC3=O)O1. The predicted molar refractivity (Wildman–Crippen MR) is 93.2 cm³/mol. The lowest BCUT2D eigenvalue weighted by molar-refractivity contribution is 0.0757. The molecule has 6 nitrogen and oxygen atoms in total. The van der Waals surface area contributed by atoms with E-state index in [-0.39, 0.29) is 40.6 Å². The summed E-state index contributed by atoms with van der Waals surface area (Å²) in [6.45, 7) is 3.94. The summed E-state index contributed by atoms with van der Waals surface area (Å²) in [5.41, 5.74) is 0.979. The van der Waals surface area contributed by atoms with Crippen molar-refractivity contribution in [3.63, 3.8) is 0 Å². The molecule has 2 aromatic rings. The maximum absolute atomic E-state index is 12.7. The lowest BCUT2D eigenvalue weighted by Crippen LogP contribution is -2.33. The van der Waals surface area contributed by atoms with Gasteiger partial charge in [0.1, 0.15) is 46.0 Å². The molecule has 0 saturated heterocycles. The minimum atomic E-state index is -0.698. The number of phenols is 3. The van der Waals surface area contributed by atoms with Crippen molar-refractivity contribution in [2.75, 3.05) is 0 Å². The van der Waals surface area contributed by atoms with Crippen LogP contribution in [-0.2, 0) is 6.42 Å². The highest BCUT2D eigenvalue weighted by Crippen LogP contribution is 2.49. The largest absolute Gasteiger partial charge is 0.508 e. The van der Waals surface area contributed by atoms with Crippen LogP contribution < -0.4 is 9.47 Å². The first-order valence-corrected chi connectivity index (χ1v) is 8.55. The van der Waals surface area contributed by atoms with Crippen LogP contribution in [0.2, 0.25) is 0 Å². The van der Waals surface area contributed by atoms with Gasteiger partial charge in [-0.15, -0.1) is 0 Å². The van der Waals surface area contributed by atoms with Gasteiger partial charge in [-0.05, 0) is 38.8 Å². The number of ketones is 1. The van der Waals surface area contributed by atoms with E-state index in [1.807, 2.05) is 13.8 Å². The molecule has 2 aliphatic rings. The summed E-state index contributed by atoms with van der Waals surface area (Å²) in [5, 5.41) is 29.9. The molecule has 0 spiro atoms. The van der Waals surface area contributed by atoms with Crippen molar-refractivity contribution >= 4 is 5.78 Å². The average molecular weight is 356 g/mol. The lowest BCUT2D eigenvalue weighted by Gasteiger charge is -2.36. The Labute approximate surface area is 150 Å². The van der Waals surface area contributed by atoms with Gasteiger partial charge < -0.3 is 24.8 Å². The molecular formula is C20H20O6. The number of carbonyl (C=O) groups is 1. The van der Waals surface area contributed by atoms with Gasteiger partial charge in [0.25, 0.3) is 0 Å². The van der Waals surface area contributed by atoms with Gasteiger partial charge in [-0.3, -0.25) is 4.79 Å². The Hall–Kier alpha value is -2.89. The fourth-order valence-corrected chi connectivity index (χ4v) is 3.60. The van der Waals surface area contributed by atoms with Crippen LogP contribution in [0.15, 0.2) is 24.3 Å². The molecule has 2 aliphatic heterocycles. The number of fused-ring (bicyclic) bond motifs is 3. The number of phenolic OH excluding ortho intramolecular Hbond substituents is 3. The smallest absolute Gasteiger partial charge is 0.174 e. The molecule has 0 amide bonds. The van der Waals surface area contributed by atoms with Gasteiger partial charge in [-0.25, -0.2) is 0 Å². The van der Waals surface area contributed by atoms with Crippen LogP contribution in [0.25, 0.3) is 0 Å². The van der Waals surface area contributed by atoms with Crippen molar-refractivity contribution in [1.29, 1.82) is 0 Å². The van der Waals surface area contributed by atoms with Crippen LogP contribution in [-0.4, -0.2) is 26.7 Å². The Morgan fingerprint density at radius 1 is 1.12 bits per heavy atom. The van der Waals surface area contributed by atoms with E-state index in [2.05, 4.69) is 0 Å². The number of aromatic hydroxyl groups is 3. The van der Waals surface area contributed by atoms with E-state index < -0.39 is 6.10 Å². The molecule has 2 aromatic carbocycles. The summed E-state index contributed by atoms with van der Waals surface area (Å²) >= 11 is 0. The topological polar surface area (TPSA) is 96.2 Å². The van der Waals surface area contributed by atoms with Crippen LogP contribution in [0, 0.1) is 0 Å². The third-order valence-corrected chi connectivity index (χ3v) is 4.96. The fourth-order valence-electron chi connectivity index (χ4n) is 3.60. The second kappa shape index (κ2) is 5.56. The van der Waals surface area contributed by atoms with E-state index in [1.165, 1.54) is 24.3 Å². The highest BCUT2D eigenvalue weighted by molar-refractivity contribution is 6.03. The molecule has 136 valence electrons. The first-order chi connectivity index (χ1) is 12.2. The Balaban J connectivity index is 1.80. The van der Waals surface area contributed by atoms with Crippen molar-refractivity contribution in [3.8, 4) is 28.7 Å². The number of hydrogen-bond donors (Lipinski definition) is 3. The highest BCUT2D eigenvalue weighted by Gasteiger charge is 2.38. The van der Waals surface area contributed by atoms with Gasteiger partial charge in [0.15, 0.2) is 5.78 Å². The monoisotopic (exact) mass is 356 g/mol. The average Bonchev–Trinajstić information content (AvgIpc) is 2.53. The van der Waals surface area contributed by atoms with Gasteiger partial charge in [-0.1, -0.05) is 0 Å². The van der Waals surface area contributed by atoms with Gasteiger partial charge in [-0.2, -0.15) is 0 Å². The molecule has 0 fully saturated rings. The zero-order valence-electron chi connectivity index (χ0n) is 14.6. The Bertz CT molecular complexity index is 915. The van der Waals surface area contributed by atoms with Crippen LogP contribution in [0.5, 0.6) is 28.7 Å². The predicted octanol–water partition coefficient (Wildman–Crippen LogP) is 3.61. The van der Waals surface area contributed by atoms with E-state index in [4.69, 9.17) is 9.47 Å². The Kier molecular flexibility index (Phi) is 3.54. The number of hydrogen-bond acceptors (Lipinski definition) is 6. The maximum atomic E-state index is 12.7. The van der Waals surface area contributed by atoms with Crippen LogP contribution in [0.3, 0.4) is 0 Å². The normalized spacial score (nSPS) is 20.5. The molecule has 1 atom stereocenters. The summed E-state index contributed by atoms with van der Waals surface area (Å²) in [6.07, 6.45) is 0.705. The van der Waals surface area contributed by atoms with Crippen LogP contribution in [0.4, 0.5) is 0 Å². The van der Waals surface area contributed by atoms with Gasteiger partial charge in [0, 0.05) is 23.3 Å². The van der Waals surface area contributed by atoms with Crippen molar-refractivity contribution in [2.45, 2.75) is 44.8 Å². The quantitative estimate of drug-likeness (QED) is 0.722. The van der Waals surface area contributed by atoms with Crippen molar-refractivity contribution in [3.05, 3.63) is 41.0 Å². The zero-order chi connectivity index (χ0) is 18.6. The number of Topliss-reactive ketones (excluding diaryl/α,β-unsaturated/α-hetero) is 1. The molecule has 26 heavy (non-hydrogen) atoms. The van der Waals surface area contributed by atoms with E-state index in [0.29, 0.717) is 23.5 Å². The minimum Gasteiger partial charge on any atom is -0.508 e. The van der Waals surface area contributed by atoms with Crippen LogP contribution in [0.1, 0.15) is 54.3 Å². The van der Waals surface area contributed by atoms with E-state index in [9.17, 15) is 20.1 Å². The van der Waals surface area contributed by atoms with Gasteiger partial charge in [0.05, 0.1) is 6.42 Å². The molecule has 0 bridgehead atoms. The summed E-state index contributed by atoms with van der Waals surface area (Å²) < 4.78 is 12.0. The van der Waals surface area contributed by atoms with Crippen molar-refractivity contribution in [1.82, 2.24) is 0 Å². The molecule has 4 rings (SSSR count).